The van der Waals surface area contributed by atoms with Crippen LogP contribution in [0.4, 0.5) is 5.69 Å². The van der Waals surface area contributed by atoms with Gasteiger partial charge in [-0.3, -0.25) is 9.10 Å². The standard InChI is InChI=1S/C22H17Cl2N3O3S/c1-26-22(28)16-6-3-7-17(12-16)27(14-19-20(23)9-4-10-21(19)24)31(29,30)18-8-2-5-15(11-18)13-25/h2-12H,14H2,1H3,(H,26,28). The summed E-state index contributed by atoms with van der Waals surface area (Å²) in [5.74, 6) is -0.360. The molecule has 0 aliphatic heterocycles. The minimum absolute atomic E-state index is 0.0694. The van der Waals surface area contributed by atoms with Gasteiger partial charge in [0.05, 0.1) is 28.8 Å². The summed E-state index contributed by atoms with van der Waals surface area (Å²) < 4.78 is 28.3. The molecule has 0 unspecified atom stereocenters. The molecule has 0 spiro atoms. The van der Waals surface area contributed by atoms with E-state index in [0.717, 1.165) is 4.31 Å². The van der Waals surface area contributed by atoms with E-state index in [2.05, 4.69) is 5.32 Å². The average Bonchev–Trinajstić information content (AvgIpc) is 2.78. The Bertz CT molecular complexity index is 1270. The van der Waals surface area contributed by atoms with E-state index in [1.165, 1.54) is 37.4 Å². The van der Waals surface area contributed by atoms with Gasteiger partial charge in [0.25, 0.3) is 15.9 Å². The average molecular weight is 474 g/mol. The maximum atomic E-state index is 13.6. The molecule has 0 atom stereocenters. The largest absolute Gasteiger partial charge is 0.355 e. The lowest BCUT2D eigenvalue weighted by Crippen LogP contribution is -2.31. The quantitative estimate of drug-likeness (QED) is 0.565. The van der Waals surface area contributed by atoms with Gasteiger partial charge in [-0.1, -0.05) is 41.4 Å². The first kappa shape index (κ1) is 22.6. The fourth-order valence-corrected chi connectivity index (χ4v) is 4.93. The van der Waals surface area contributed by atoms with E-state index in [1.807, 2.05) is 6.07 Å². The maximum absolute atomic E-state index is 13.6. The Labute approximate surface area is 190 Å². The van der Waals surface area contributed by atoms with Crippen molar-refractivity contribution in [3.05, 3.63) is 93.5 Å². The van der Waals surface area contributed by atoms with Crippen LogP contribution < -0.4 is 9.62 Å². The highest BCUT2D eigenvalue weighted by molar-refractivity contribution is 7.92. The van der Waals surface area contributed by atoms with Crippen molar-refractivity contribution in [1.82, 2.24) is 5.32 Å². The zero-order valence-corrected chi connectivity index (χ0v) is 18.7. The molecule has 158 valence electrons. The van der Waals surface area contributed by atoms with Gasteiger partial charge in [0.15, 0.2) is 0 Å². The van der Waals surface area contributed by atoms with E-state index in [9.17, 15) is 18.5 Å². The van der Waals surface area contributed by atoms with Crippen LogP contribution in [0, 0.1) is 11.3 Å². The van der Waals surface area contributed by atoms with Crippen LogP contribution in [0.5, 0.6) is 0 Å². The molecule has 0 saturated heterocycles. The summed E-state index contributed by atoms with van der Waals surface area (Å²) >= 11 is 12.6. The van der Waals surface area contributed by atoms with Crippen LogP contribution >= 0.6 is 23.2 Å². The number of carbonyl (C=O) groups excluding carboxylic acids is 1. The van der Waals surface area contributed by atoms with Crippen LogP contribution in [0.1, 0.15) is 21.5 Å². The topological polar surface area (TPSA) is 90.3 Å². The second-order valence-corrected chi connectivity index (χ2v) is 9.16. The van der Waals surface area contributed by atoms with Gasteiger partial charge in [0, 0.05) is 28.2 Å². The number of carbonyl (C=O) groups is 1. The molecule has 9 heteroatoms. The van der Waals surface area contributed by atoms with Gasteiger partial charge in [0.2, 0.25) is 0 Å². The molecule has 0 aromatic heterocycles. The number of nitriles is 1. The minimum Gasteiger partial charge on any atom is -0.355 e. The van der Waals surface area contributed by atoms with Crippen molar-refractivity contribution in [3.8, 4) is 6.07 Å². The Morgan fingerprint density at radius 3 is 2.32 bits per heavy atom. The minimum atomic E-state index is -4.13. The summed E-state index contributed by atoms with van der Waals surface area (Å²) in [6.45, 7) is -0.172. The van der Waals surface area contributed by atoms with Crippen molar-refractivity contribution in [2.75, 3.05) is 11.4 Å². The highest BCUT2D eigenvalue weighted by Gasteiger charge is 2.27. The number of hydrogen-bond acceptors (Lipinski definition) is 4. The van der Waals surface area contributed by atoms with Crippen LogP contribution in [0.25, 0.3) is 0 Å². The molecule has 0 fully saturated rings. The zero-order valence-electron chi connectivity index (χ0n) is 16.3. The number of sulfonamides is 1. The SMILES string of the molecule is CNC(=O)c1cccc(N(Cc2c(Cl)cccc2Cl)S(=O)(=O)c2cccc(C#N)c2)c1. The Morgan fingerprint density at radius 2 is 1.68 bits per heavy atom. The first-order chi connectivity index (χ1) is 14.8. The molecule has 1 amide bonds. The van der Waals surface area contributed by atoms with Gasteiger partial charge in [-0.2, -0.15) is 5.26 Å². The summed E-state index contributed by atoms with van der Waals surface area (Å²) in [5.41, 5.74) is 1.16. The number of hydrogen-bond donors (Lipinski definition) is 1. The predicted molar refractivity (Wildman–Crippen MR) is 121 cm³/mol. The Hall–Kier alpha value is -3.05. The molecule has 0 radical (unpaired) electrons. The number of halogens is 2. The second-order valence-electron chi connectivity index (χ2n) is 6.48. The highest BCUT2D eigenvalue weighted by atomic mass is 35.5. The molecule has 0 aliphatic rings. The number of amides is 1. The molecule has 3 rings (SSSR count). The van der Waals surface area contributed by atoms with Crippen molar-refractivity contribution in [2.45, 2.75) is 11.4 Å². The molecule has 0 heterocycles. The predicted octanol–water partition coefficient (Wildman–Crippen LogP) is 4.62. The van der Waals surface area contributed by atoms with E-state index in [0.29, 0.717) is 15.6 Å². The van der Waals surface area contributed by atoms with Gasteiger partial charge in [0.1, 0.15) is 0 Å². The fourth-order valence-electron chi connectivity index (χ4n) is 2.94. The summed E-state index contributed by atoms with van der Waals surface area (Å²) in [6.07, 6.45) is 0. The molecule has 3 aromatic rings. The third kappa shape index (κ3) is 4.83. The molecular formula is C22H17Cl2N3O3S. The molecule has 1 N–H and O–H groups in total. The van der Waals surface area contributed by atoms with E-state index >= 15 is 0 Å². The number of anilines is 1. The Kier molecular flexibility index (Phi) is 6.86. The molecule has 0 saturated carbocycles. The summed E-state index contributed by atoms with van der Waals surface area (Å²) in [6, 6.07) is 18.7. The van der Waals surface area contributed by atoms with E-state index in [1.54, 1.807) is 36.4 Å². The van der Waals surface area contributed by atoms with Crippen LogP contribution in [0.2, 0.25) is 10.0 Å². The molecule has 0 aliphatic carbocycles. The summed E-state index contributed by atoms with van der Waals surface area (Å²) in [5, 5.41) is 12.3. The monoisotopic (exact) mass is 473 g/mol. The number of rotatable bonds is 6. The lowest BCUT2D eigenvalue weighted by molar-refractivity contribution is 0.0963. The third-order valence-electron chi connectivity index (χ3n) is 4.54. The first-order valence-electron chi connectivity index (χ1n) is 9.06. The van der Waals surface area contributed by atoms with Gasteiger partial charge >= 0.3 is 0 Å². The van der Waals surface area contributed by atoms with Crippen LogP contribution in [-0.4, -0.2) is 21.4 Å². The highest BCUT2D eigenvalue weighted by Crippen LogP contribution is 2.32. The zero-order chi connectivity index (χ0) is 22.6. The molecule has 31 heavy (non-hydrogen) atoms. The molecule has 0 bridgehead atoms. The van der Waals surface area contributed by atoms with Crippen molar-refractivity contribution in [2.24, 2.45) is 0 Å². The first-order valence-corrected chi connectivity index (χ1v) is 11.3. The smallest absolute Gasteiger partial charge is 0.264 e. The molecular weight excluding hydrogens is 457 g/mol. The van der Waals surface area contributed by atoms with Crippen molar-refractivity contribution < 1.29 is 13.2 Å². The second kappa shape index (κ2) is 9.40. The fraction of sp³-hybridized carbons (Fsp3) is 0.0909. The lowest BCUT2D eigenvalue weighted by Gasteiger charge is -2.26. The van der Waals surface area contributed by atoms with Crippen molar-refractivity contribution in [3.63, 3.8) is 0 Å². The summed E-state index contributed by atoms with van der Waals surface area (Å²) in [7, 11) is -2.65. The lowest BCUT2D eigenvalue weighted by atomic mass is 10.1. The van der Waals surface area contributed by atoms with E-state index in [4.69, 9.17) is 23.2 Å². The van der Waals surface area contributed by atoms with Crippen LogP contribution in [0.3, 0.4) is 0 Å². The molecule has 6 nitrogen and oxygen atoms in total. The number of benzene rings is 3. The van der Waals surface area contributed by atoms with E-state index in [-0.39, 0.29) is 34.2 Å². The third-order valence-corrected chi connectivity index (χ3v) is 7.02. The summed E-state index contributed by atoms with van der Waals surface area (Å²) in [4.78, 5) is 12.0. The van der Waals surface area contributed by atoms with Crippen molar-refractivity contribution >= 4 is 44.8 Å². The van der Waals surface area contributed by atoms with Crippen molar-refractivity contribution in [1.29, 1.82) is 5.26 Å². The number of nitrogens with one attached hydrogen (secondary N) is 1. The van der Waals surface area contributed by atoms with Crippen LogP contribution in [-0.2, 0) is 16.6 Å². The van der Waals surface area contributed by atoms with Gasteiger partial charge in [-0.25, -0.2) is 8.42 Å². The Morgan fingerprint density at radius 1 is 1.03 bits per heavy atom. The van der Waals surface area contributed by atoms with Gasteiger partial charge < -0.3 is 5.32 Å². The van der Waals surface area contributed by atoms with Gasteiger partial charge in [-0.15, -0.1) is 0 Å². The maximum Gasteiger partial charge on any atom is 0.264 e. The normalized spacial score (nSPS) is 10.9. The molecule has 3 aromatic carbocycles. The Balaban J connectivity index is 2.19. The number of nitrogens with zero attached hydrogens (tertiary/aromatic N) is 2. The van der Waals surface area contributed by atoms with E-state index < -0.39 is 10.0 Å². The van der Waals surface area contributed by atoms with Gasteiger partial charge in [-0.05, 0) is 48.5 Å². The van der Waals surface area contributed by atoms with Crippen LogP contribution in [0.15, 0.2) is 71.6 Å².